The Labute approximate surface area is 228 Å². The van der Waals surface area contributed by atoms with Crippen LogP contribution < -0.4 is 9.62 Å². The molecule has 1 unspecified atom stereocenters. The van der Waals surface area contributed by atoms with Crippen molar-refractivity contribution >= 4 is 27.5 Å². The number of halogens is 2. The molecule has 0 spiro atoms. The number of sulfonamides is 1. The highest BCUT2D eigenvalue weighted by Gasteiger charge is 2.33. The van der Waals surface area contributed by atoms with Gasteiger partial charge in [-0.3, -0.25) is 13.9 Å². The van der Waals surface area contributed by atoms with Crippen LogP contribution in [0.2, 0.25) is 0 Å². The van der Waals surface area contributed by atoms with Gasteiger partial charge in [-0.1, -0.05) is 43.7 Å². The molecular weight excluding hydrogens is 524 g/mol. The topological polar surface area (TPSA) is 86.8 Å². The van der Waals surface area contributed by atoms with E-state index in [4.69, 9.17) is 0 Å². The zero-order valence-corrected chi connectivity index (χ0v) is 23.0. The lowest BCUT2D eigenvalue weighted by molar-refractivity contribution is -0.140. The fourth-order valence-corrected chi connectivity index (χ4v) is 5.46. The van der Waals surface area contributed by atoms with E-state index < -0.39 is 40.2 Å². The number of benzene rings is 3. The first-order valence-electron chi connectivity index (χ1n) is 12.7. The van der Waals surface area contributed by atoms with Crippen molar-refractivity contribution < 1.29 is 26.8 Å². The number of carbonyl (C=O) groups is 2. The van der Waals surface area contributed by atoms with Crippen LogP contribution in [0.1, 0.15) is 37.8 Å². The molecule has 3 rings (SSSR count). The molecule has 208 valence electrons. The Morgan fingerprint density at radius 2 is 1.44 bits per heavy atom. The summed E-state index contributed by atoms with van der Waals surface area (Å²) < 4.78 is 55.5. The lowest BCUT2D eigenvalue weighted by Gasteiger charge is -2.33. The number of hydrogen-bond acceptors (Lipinski definition) is 4. The van der Waals surface area contributed by atoms with Crippen molar-refractivity contribution in [2.45, 2.75) is 51.1 Å². The zero-order chi connectivity index (χ0) is 28.6. The number of rotatable bonds is 12. The summed E-state index contributed by atoms with van der Waals surface area (Å²) >= 11 is 0. The fourth-order valence-electron chi connectivity index (χ4n) is 4.05. The smallest absolute Gasteiger partial charge is 0.264 e. The van der Waals surface area contributed by atoms with Gasteiger partial charge in [0.25, 0.3) is 10.0 Å². The van der Waals surface area contributed by atoms with Crippen LogP contribution in [-0.2, 0) is 26.2 Å². The van der Waals surface area contributed by atoms with E-state index in [0.717, 1.165) is 34.1 Å². The van der Waals surface area contributed by atoms with Gasteiger partial charge in [0.1, 0.15) is 24.2 Å². The van der Waals surface area contributed by atoms with Crippen molar-refractivity contribution in [2.24, 2.45) is 0 Å². The average molecular weight is 558 g/mol. The molecule has 1 N–H and O–H groups in total. The number of carbonyl (C=O) groups excluding carboxylic acids is 2. The number of anilines is 1. The van der Waals surface area contributed by atoms with Gasteiger partial charge >= 0.3 is 0 Å². The Hall–Kier alpha value is -3.79. The third-order valence-electron chi connectivity index (χ3n) is 6.20. The van der Waals surface area contributed by atoms with Gasteiger partial charge < -0.3 is 10.2 Å². The van der Waals surface area contributed by atoms with Crippen LogP contribution >= 0.6 is 0 Å². The van der Waals surface area contributed by atoms with E-state index >= 15 is 0 Å². The van der Waals surface area contributed by atoms with Crippen LogP contribution in [0.15, 0.2) is 77.7 Å². The summed E-state index contributed by atoms with van der Waals surface area (Å²) in [7, 11) is -4.29. The average Bonchev–Trinajstić information content (AvgIpc) is 2.92. The van der Waals surface area contributed by atoms with Crippen molar-refractivity contribution in [2.75, 3.05) is 17.4 Å². The number of amides is 2. The van der Waals surface area contributed by atoms with E-state index in [-0.39, 0.29) is 29.5 Å². The maximum atomic E-state index is 13.9. The molecule has 0 radical (unpaired) electrons. The Morgan fingerprint density at radius 1 is 0.872 bits per heavy atom. The fraction of sp³-hybridized carbons (Fsp3) is 0.310. The van der Waals surface area contributed by atoms with Crippen molar-refractivity contribution in [3.8, 4) is 0 Å². The predicted molar refractivity (Wildman–Crippen MR) is 146 cm³/mol. The van der Waals surface area contributed by atoms with Crippen LogP contribution in [0.5, 0.6) is 0 Å². The summed E-state index contributed by atoms with van der Waals surface area (Å²) in [5.41, 5.74) is 1.71. The van der Waals surface area contributed by atoms with Crippen molar-refractivity contribution in [1.82, 2.24) is 10.2 Å². The lowest BCUT2D eigenvalue weighted by Crippen LogP contribution is -2.52. The van der Waals surface area contributed by atoms with E-state index in [1.165, 1.54) is 29.2 Å². The molecule has 10 heteroatoms. The Balaban J connectivity index is 2.03. The highest BCUT2D eigenvalue weighted by Crippen LogP contribution is 2.25. The number of nitrogens with zero attached hydrogens (tertiary/aromatic N) is 2. The van der Waals surface area contributed by atoms with Gasteiger partial charge in [-0.2, -0.15) is 0 Å². The van der Waals surface area contributed by atoms with Crippen LogP contribution in [0, 0.1) is 18.6 Å². The summed E-state index contributed by atoms with van der Waals surface area (Å²) in [5.74, 6) is -2.02. The van der Waals surface area contributed by atoms with E-state index in [2.05, 4.69) is 5.32 Å². The standard InChI is InChI=1S/C29H33F2N3O4S/c1-4-18-32-29(36)27(5-2)33(19-22-8-10-23(30)11-9-22)28(35)20-34(25-14-6-21(3)7-15-25)39(37,38)26-16-12-24(31)13-17-26/h6-17,27H,4-5,18-20H2,1-3H3,(H,32,36). The van der Waals surface area contributed by atoms with Gasteiger partial charge in [-0.05, 0) is 73.9 Å². The second-order valence-electron chi connectivity index (χ2n) is 9.16. The molecule has 0 aliphatic rings. The maximum Gasteiger partial charge on any atom is 0.264 e. The quantitative estimate of drug-likeness (QED) is 0.347. The molecule has 0 heterocycles. The van der Waals surface area contributed by atoms with E-state index in [9.17, 15) is 26.8 Å². The van der Waals surface area contributed by atoms with Crippen molar-refractivity contribution in [3.05, 3.63) is 95.6 Å². The second-order valence-corrected chi connectivity index (χ2v) is 11.0. The highest BCUT2D eigenvalue weighted by molar-refractivity contribution is 7.92. The zero-order valence-electron chi connectivity index (χ0n) is 22.2. The molecular formula is C29H33F2N3O4S. The van der Waals surface area contributed by atoms with Gasteiger partial charge in [0.05, 0.1) is 10.6 Å². The van der Waals surface area contributed by atoms with Crippen LogP contribution in [0.25, 0.3) is 0 Å². The van der Waals surface area contributed by atoms with Crippen LogP contribution in [-0.4, -0.2) is 44.3 Å². The first kappa shape index (κ1) is 29.8. The molecule has 2 amide bonds. The predicted octanol–water partition coefficient (Wildman–Crippen LogP) is 4.80. The molecule has 3 aromatic rings. The highest BCUT2D eigenvalue weighted by atomic mass is 32.2. The van der Waals surface area contributed by atoms with Gasteiger partial charge in [0, 0.05) is 13.1 Å². The van der Waals surface area contributed by atoms with Gasteiger partial charge in [-0.15, -0.1) is 0 Å². The molecule has 0 bridgehead atoms. The Bertz CT molecular complexity index is 1360. The summed E-state index contributed by atoms with van der Waals surface area (Å²) in [6.07, 6.45) is 0.975. The SMILES string of the molecule is CCCNC(=O)C(CC)N(Cc1ccc(F)cc1)C(=O)CN(c1ccc(C)cc1)S(=O)(=O)c1ccc(F)cc1. The summed E-state index contributed by atoms with van der Waals surface area (Å²) in [6.45, 7) is 5.29. The van der Waals surface area contributed by atoms with E-state index in [1.807, 2.05) is 13.8 Å². The van der Waals surface area contributed by atoms with Crippen LogP contribution in [0.4, 0.5) is 14.5 Å². The molecule has 0 saturated carbocycles. The molecule has 7 nitrogen and oxygen atoms in total. The number of aryl methyl sites for hydroxylation is 1. The van der Waals surface area contributed by atoms with Gasteiger partial charge in [0.2, 0.25) is 11.8 Å². The second kappa shape index (κ2) is 13.3. The molecule has 0 aromatic heterocycles. The van der Waals surface area contributed by atoms with Gasteiger partial charge in [-0.25, -0.2) is 17.2 Å². The molecule has 0 saturated heterocycles. The molecule has 39 heavy (non-hydrogen) atoms. The lowest BCUT2D eigenvalue weighted by atomic mass is 10.1. The van der Waals surface area contributed by atoms with Crippen molar-refractivity contribution in [3.63, 3.8) is 0 Å². The first-order valence-corrected chi connectivity index (χ1v) is 14.2. The van der Waals surface area contributed by atoms with Gasteiger partial charge in [0.15, 0.2) is 0 Å². The minimum atomic E-state index is -4.29. The van der Waals surface area contributed by atoms with E-state index in [0.29, 0.717) is 18.5 Å². The first-order chi connectivity index (χ1) is 18.6. The number of nitrogens with one attached hydrogen (secondary N) is 1. The Kier molecular flexibility index (Phi) is 10.2. The minimum absolute atomic E-state index is 0.0322. The third-order valence-corrected chi connectivity index (χ3v) is 7.99. The number of hydrogen-bond donors (Lipinski definition) is 1. The molecule has 1 atom stereocenters. The third kappa shape index (κ3) is 7.63. The maximum absolute atomic E-state index is 13.9. The van der Waals surface area contributed by atoms with E-state index in [1.54, 1.807) is 31.2 Å². The monoisotopic (exact) mass is 557 g/mol. The minimum Gasteiger partial charge on any atom is -0.354 e. The molecule has 3 aromatic carbocycles. The molecule has 0 fully saturated rings. The Morgan fingerprint density at radius 3 is 1.97 bits per heavy atom. The summed E-state index contributed by atoms with van der Waals surface area (Å²) in [5, 5.41) is 2.81. The molecule has 0 aliphatic carbocycles. The summed E-state index contributed by atoms with van der Waals surface area (Å²) in [4.78, 5) is 28.1. The van der Waals surface area contributed by atoms with Crippen molar-refractivity contribution in [1.29, 1.82) is 0 Å². The molecule has 0 aliphatic heterocycles. The normalized spacial score (nSPS) is 12.0. The largest absolute Gasteiger partial charge is 0.354 e. The van der Waals surface area contributed by atoms with Crippen LogP contribution in [0.3, 0.4) is 0 Å². The summed E-state index contributed by atoms with van der Waals surface area (Å²) in [6, 6.07) is 15.6.